The van der Waals surface area contributed by atoms with Gasteiger partial charge in [0.05, 0.1) is 6.61 Å². The first kappa shape index (κ1) is 54.0. The Balaban J connectivity index is 0. The zero-order valence-corrected chi connectivity index (χ0v) is 37.1. The average molecular weight is 752 g/mol. The van der Waals surface area contributed by atoms with Gasteiger partial charge in [-0.15, -0.1) is 0 Å². The third-order valence-electron chi connectivity index (χ3n) is 11.5. The Labute approximate surface area is 333 Å². The van der Waals surface area contributed by atoms with Gasteiger partial charge in [0, 0.05) is 13.0 Å². The minimum absolute atomic E-state index is 0.0343. The van der Waals surface area contributed by atoms with Gasteiger partial charge in [-0.25, -0.2) is 0 Å². The lowest BCUT2D eigenvalue weighted by molar-refractivity contribution is -0.144. The lowest BCUT2D eigenvalue weighted by Crippen LogP contribution is -2.21. The largest absolute Gasteiger partial charge is 0.483 e. The molecule has 0 spiro atoms. The van der Waals surface area contributed by atoms with Gasteiger partial charge in [0.25, 0.3) is 6.47 Å². The van der Waals surface area contributed by atoms with Crippen LogP contribution in [-0.2, 0) is 14.3 Å². The van der Waals surface area contributed by atoms with Crippen molar-refractivity contribution in [3.63, 3.8) is 0 Å². The van der Waals surface area contributed by atoms with Crippen molar-refractivity contribution in [2.45, 2.75) is 252 Å². The number of esters is 1. The summed E-state index contributed by atoms with van der Waals surface area (Å²) in [6, 6.07) is 0. The second kappa shape index (κ2) is 45.3. The molecule has 0 aromatic rings. The van der Waals surface area contributed by atoms with Gasteiger partial charge in [-0.05, 0) is 57.5 Å². The monoisotopic (exact) mass is 752 g/mol. The van der Waals surface area contributed by atoms with E-state index in [-0.39, 0.29) is 12.4 Å². The Morgan fingerprint density at radius 3 is 1.09 bits per heavy atom. The van der Waals surface area contributed by atoms with Crippen LogP contribution in [0.2, 0.25) is 0 Å². The van der Waals surface area contributed by atoms with E-state index in [4.69, 9.17) is 14.6 Å². The topological polar surface area (TPSA) is 66.8 Å². The fraction of sp³-hybridized carbons (Fsp3) is 0.958. The molecule has 1 N–H and O–H groups in total. The van der Waals surface area contributed by atoms with E-state index in [1.54, 1.807) is 0 Å². The molecule has 5 heteroatoms. The summed E-state index contributed by atoms with van der Waals surface area (Å²) in [6.07, 6.45) is 47.1. The Kier molecular flexibility index (Phi) is 46.1. The second-order valence-corrected chi connectivity index (χ2v) is 17.0. The van der Waals surface area contributed by atoms with Crippen molar-refractivity contribution < 1.29 is 19.4 Å². The van der Waals surface area contributed by atoms with Crippen molar-refractivity contribution in [3.8, 4) is 0 Å². The van der Waals surface area contributed by atoms with Crippen LogP contribution in [0.3, 0.4) is 0 Å². The van der Waals surface area contributed by atoms with Gasteiger partial charge in [-0.1, -0.05) is 220 Å². The summed E-state index contributed by atoms with van der Waals surface area (Å²) in [7, 11) is 4.49. The molecule has 0 aromatic carbocycles. The van der Waals surface area contributed by atoms with Crippen molar-refractivity contribution in [2.24, 2.45) is 17.8 Å². The molecular weight excluding hydrogens is 655 g/mol. The fourth-order valence-corrected chi connectivity index (χ4v) is 8.19. The van der Waals surface area contributed by atoms with Crippen molar-refractivity contribution >= 4 is 12.4 Å². The van der Waals surface area contributed by atoms with Crippen LogP contribution in [0.15, 0.2) is 0 Å². The lowest BCUT2D eigenvalue weighted by atomic mass is 9.90. The first-order valence-electron chi connectivity index (χ1n) is 23.8. The van der Waals surface area contributed by atoms with E-state index >= 15 is 0 Å². The van der Waals surface area contributed by atoms with Gasteiger partial charge in [-0.2, -0.15) is 0 Å². The number of rotatable bonds is 41. The molecule has 5 nitrogen and oxygen atoms in total. The Bertz CT molecular complexity index is 694. The molecule has 0 amide bonds. The van der Waals surface area contributed by atoms with Gasteiger partial charge in [-0.3, -0.25) is 9.59 Å². The molecule has 0 saturated carbocycles. The molecule has 0 aromatic heterocycles. The molecule has 1 atom stereocenters. The zero-order valence-electron chi connectivity index (χ0n) is 37.1. The molecule has 318 valence electrons. The molecule has 0 saturated heterocycles. The third-order valence-corrected chi connectivity index (χ3v) is 11.5. The van der Waals surface area contributed by atoms with Crippen molar-refractivity contribution in [3.05, 3.63) is 0 Å². The quantitative estimate of drug-likeness (QED) is 0.0383. The third kappa shape index (κ3) is 43.5. The smallest absolute Gasteiger partial charge is 0.305 e. The van der Waals surface area contributed by atoms with E-state index in [1.165, 1.54) is 212 Å². The number of unbranched alkanes of at least 4 members (excludes halogenated alkanes) is 20. The summed E-state index contributed by atoms with van der Waals surface area (Å²) in [5.41, 5.74) is 0. The predicted octanol–water partition coefficient (Wildman–Crippen LogP) is 15.4. The van der Waals surface area contributed by atoms with Crippen LogP contribution in [0, 0.1) is 17.8 Å². The summed E-state index contributed by atoms with van der Waals surface area (Å²) in [5.74, 6) is 2.65. The van der Waals surface area contributed by atoms with Gasteiger partial charge >= 0.3 is 5.97 Å². The van der Waals surface area contributed by atoms with E-state index in [0.29, 0.717) is 13.0 Å². The Morgan fingerprint density at radius 2 is 0.755 bits per heavy atom. The average Bonchev–Trinajstić information content (AvgIpc) is 3.13. The number of hydrogen-bond acceptors (Lipinski definition) is 4. The highest BCUT2D eigenvalue weighted by Gasteiger charge is 2.12. The Morgan fingerprint density at radius 1 is 0.472 bits per heavy atom. The number of carbonyl (C=O) groups excluding carboxylic acids is 1. The van der Waals surface area contributed by atoms with Gasteiger partial charge in [0.15, 0.2) is 0 Å². The summed E-state index contributed by atoms with van der Waals surface area (Å²) >= 11 is 0. The van der Waals surface area contributed by atoms with E-state index < -0.39 is 0 Å². The highest BCUT2D eigenvalue weighted by Crippen LogP contribution is 2.25. The normalized spacial score (nSPS) is 12.0. The summed E-state index contributed by atoms with van der Waals surface area (Å²) in [6.45, 7) is 10.9. The number of carboxylic acid groups (broad SMARTS) is 1. The van der Waals surface area contributed by atoms with Crippen molar-refractivity contribution in [1.29, 1.82) is 0 Å². The van der Waals surface area contributed by atoms with Crippen LogP contribution in [0.5, 0.6) is 0 Å². The highest BCUT2D eigenvalue weighted by atomic mass is 16.5. The molecular formula is C48H97NO4. The molecule has 1 unspecified atom stereocenters. The maximum Gasteiger partial charge on any atom is 0.305 e. The summed E-state index contributed by atoms with van der Waals surface area (Å²) < 4.78 is 5.65. The lowest BCUT2D eigenvalue weighted by Gasteiger charge is -2.21. The molecule has 0 radical (unpaired) electrons. The van der Waals surface area contributed by atoms with Gasteiger partial charge < -0.3 is 14.7 Å². The van der Waals surface area contributed by atoms with E-state index in [0.717, 1.165) is 30.6 Å². The van der Waals surface area contributed by atoms with Crippen LogP contribution in [0.4, 0.5) is 0 Å². The fourth-order valence-electron chi connectivity index (χ4n) is 8.19. The highest BCUT2D eigenvalue weighted by molar-refractivity contribution is 5.69. The molecule has 53 heavy (non-hydrogen) atoms. The van der Waals surface area contributed by atoms with E-state index in [2.05, 4.69) is 46.7 Å². The van der Waals surface area contributed by atoms with Crippen LogP contribution >= 0.6 is 0 Å². The Hall–Kier alpha value is -1.10. The predicted molar refractivity (Wildman–Crippen MR) is 233 cm³/mol. The molecule has 0 fully saturated rings. The summed E-state index contributed by atoms with van der Waals surface area (Å²) in [5, 5.41) is 6.89. The van der Waals surface area contributed by atoms with E-state index in [1.807, 2.05) is 0 Å². The van der Waals surface area contributed by atoms with Crippen molar-refractivity contribution in [1.82, 2.24) is 4.90 Å². The molecule has 0 rings (SSSR count). The first-order valence-corrected chi connectivity index (χ1v) is 23.8. The maximum atomic E-state index is 12.3. The van der Waals surface area contributed by atoms with Crippen molar-refractivity contribution in [2.75, 3.05) is 27.2 Å². The molecule has 0 aliphatic heterocycles. The van der Waals surface area contributed by atoms with Gasteiger partial charge in [0.2, 0.25) is 0 Å². The number of nitrogens with zero attached hydrogens (tertiary/aromatic N) is 1. The molecule has 0 aliphatic carbocycles. The van der Waals surface area contributed by atoms with Gasteiger partial charge in [0.1, 0.15) is 0 Å². The minimum atomic E-state index is -0.250. The standard InChI is InChI=1S/C47H95NO2.CH2O2/c1-7-11-25-33-44(34-26-12-8-2)37-29-21-17-15-16-18-22-30-38-46(43-48(5)6)39-31-23-19-20-24-32-40-47(49)50-42-41-45(35-27-13-9-3)36-28-14-10-4;2-1-3/h44-46H,7-43H2,1-6H3;1H,(H,2,3). The van der Waals surface area contributed by atoms with E-state index in [9.17, 15) is 4.79 Å². The van der Waals surface area contributed by atoms with Crippen LogP contribution in [0.1, 0.15) is 252 Å². The maximum absolute atomic E-state index is 12.3. The van der Waals surface area contributed by atoms with Crippen LogP contribution in [-0.4, -0.2) is 49.7 Å². The minimum Gasteiger partial charge on any atom is -0.483 e. The molecule has 0 heterocycles. The van der Waals surface area contributed by atoms with Crippen LogP contribution < -0.4 is 0 Å². The number of carbonyl (C=O) groups is 2. The summed E-state index contributed by atoms with van der Waals surface area (Å²) in [4.78, 5) is 23.1. The van der Waals surface area contributed by atoms with Crippen LogP contribution in [0.25, 0.3) is 0 Å². The first-order chi connectivity index (χ1) is 25.9. The molecule has 0 aliphatic rings. The number of ether oxygens (including phenoxy) is 1. The SMILES string of the molecule is CCCCCC(CCCCC)CCCCCCCCCCC(CCCCCCCCC(=O)OCCC(CCCCC)CCCCC)CN(C)C.O=CO. The zero-order chi connectivity index (χ0) is 39.5. The second-order valence-electron chi connectivity index (χ2n) is 17.0. The number of hydrogen-bond donors (Lipinski definition) is 1. The molecule has 0 bridgehead atoms.